The molecule has 3 aliphatic rings. The van der Waals surface area contributed by atoms with Crippen molar-refractivity contribution in [2.45, 2.75) is 50.6 Å². The van der Waals surface area contributed by atoms with Crippen LogP contribution in [0.4, 0.5) is 0 Å². The number of nitrogens with zero attached hydrogens (tertiary/aromatic N) is 3. The molecule has 110 valence electrons. The fourth-order valence-corrected chi connectivity index (χ4v) is 3.28. The maximum Gasteiger partial charge on any atom is 0.0951 e. The van der Waals surface area contributed by atoms with Gasteiger partial charge in [-0.15, -0.1) is 0 Å². The van der Waals surface area contributed by atoms with E-state index in [1.807, 2.05) is 6.33 Å². The predicted octanol–water partition coefficient (Wildman–Crippen LogP) is 2.34. The maximum atomic E-state index is 6.16. The Balaban J connectivity index is 1.54. The molecule has 0 radical (unpaired) electrons. The van der Waals surface area contributed by atoms with Crippen LogP contribution in [0.15, 0.2) is 12.5 Å². The monoisotopic (exact) mass is 274 g/mol. The van der Waals surface area contributed by atoms with E-state index in [0.29, 0.717) is 12.1 Å². The number of nitrogens with two attached hydrogens (primary N) is 1. The Kier molecular flexibility index (Phi) is 3.31. The second-order valence-corrected chi connectivity index (χ2v) is 7.05. The summed E-state index contributed by atoms with van der Waals surface area (Å²) < 4.78 is 2.39. The first kappa shape index (κ1) is 12.8. The smallest absolute Gasteiger partial charge is 0.0951 e. The summed E-state index contributed by atoms with van der Waals surface area (Å²) in [5.41, 5.74) is 7.52. The molecule has 1 heterocycles. The highest BCUT2D eigenvalue weighted by molar-refractivity contribution is 5.10. The van der Waals surface area contributed by atoms with E-state index in [-0.39, 0.29) is 0 Å². The third-order valence-electron chi connectivity index (χ3n) is 5.02. The Morgan fingerprint density at radius 2 is 1.80 bits per heavy atom. The van der Waals surface area contributed by atoms with Crippen LogP contribution < -0.4 is 5.73 Å². The highest BCUT2D eigenvalue weighted by atomic mass is 15.2. The van der Waals surface area contributed by atoms with E-state index >= 15 is 0 Å². The lowest BCUT2D eigenvalue weighted by Gasteiger charge is -2.31. The van der Waals surface area contributed by atoms with E-state index in [9.17, 15) is 0 Å². The quantitative estimate of drug-likeness (QED) is 0.791. The average Bonchev–Trinajstić information content (AvgIpc) is 3.29. The first-order chi connectivity index (χ1) is 9.85. The summed E-state index contributed by atoms with van der Waals surface area (Å²) in [5.74, 6) is 1.86. The van der Waals surface area contributed by atoms with E-state index in [4.69, 9.17) is 5.73 Å². The van der Waals surface area contributed by atoms with Crippen LogP contribution in [0.5, 0.6) is 0 Å². The van der Waals surface area contributed by atoms with Gasteiger partial charge in [-0.2, -0.15) is 0 Å². The second kappa shape index (κ2) is 5.15. The Morgan fingerprint density at radius 1 is 1.15 bits per heavy atom. The largest absolute Gasteiger partial charge is 0.330 e. The number of hydrogen-bond acceptors (Lipinski definition) is 3. The lowest BCUT2D eigenvalue weighted by Crippen LogP contribution is -2.37. The van der Waals surface area contributed by atoms with Crippen LogP contribution in [0.1, 0.15) is 56.3 Å². The Hall–Kier alpha value is -0.870. The summed E-state index contributed by atoms with van der Waals surface area (Å²) in [4.78, 5) is 7.08. The molecule has 1 aromatic rings. The molecule has 0 aliphatic heterocycles. The van der Waals surface area contributed by atoms with E-state index in [1.54, 1.807) is 0 Å². The molecule has 3 aliphatic carbocycles. The number of aromatic nitrogens is 2. The van der Waals surface area contributed by atoms with Crippen LogP contribution in [0.25, 0.3) is 0 Å². The standard InChI is InChI=1S/C16H26N4/c17-7-15(16-8-18-11-20(16)14-5-6-14)19(9-12-1-2-12)10-13-3-4-13/h8,11-15H,1-7,9-10,17H2. The van der Waals surface area contributed by atoms with Crippen LogP contribution in [0.3, 0.4) is 0 Å². The Labute approximate surface area is 121 Å². The van der Waals surface area contributed by atoms with Gasteiger partial charge in [-0.05, 0) is 50.4 Å². The molecule has 1 unspecified atom stereocenters. The van der Waals surface area contributed by atoms with Crippen molar-refractivity contribution in [2.75, 3.05) is 19.6 Å². The molecule has 0 bridgehead atoms. The zero-order valence-corrected chi connectivity index (χ0v) is 12.2. The SMILES string of the molecule is NCC(c1cncn1C1CC1)N(CC1CC1)CC1CC1. The van der Waals surface area contributed by atoms with Crippen molar-refractivity contribution < 1.29 is 0 Å². The minimum atomic E-state index is 0.374. The summed E-state index contributed by atoms with van der Waals surface area (Å²) >= 11 is 0. The van der Waals surface area contributed by atoms with Gasteiger partial charge < -0.3 is 10.3 Å². The minimum Gasteiger partial charge on any atom is -0.330 e. The van der Waals surface area contributed by atoms with Crippen LogP contribution >= 0.6 is 0 Å². The normalized spacial score (nSPS) is 24.3. The zero-order valence-electron chi connectivity index (χ0n) is 12.2. The number of rotatable bonds is 8. The first-order valence-electron chi connectivity index (χ1n) is 8.31. The molecule has 4 rings (SSSR count). The fraction of sp³-hybridized carbons (Fsp3) is 0.812. The van der Waals surface area contributed by atoms with Gasteiger partial charge in [0.15, 0.2) is 0 Å². The van der Waals surface area contributed by atoms with Crippen molar-refractivity contribution in [3.63, 3.8) is 0 Å². The van der Waals surface area contributed by atoms with Gasteiger partial charge in [0.25, 0.3) is 0 Å². The van der Waals surface area contributed by atoms with Crippen LogP contribution in [0.2, 0.25) is 0 Å². The summed E-state index contributed by atoms with van der Waals surface area (Å²) in [7, 11) is 0. The third kappa shape index (κ3) is 2.77. The molecule has 3 saturated carbocycles. The van der Waals surface area contributed by atoms with Gasteiger partial charge in [0.2, 0.25) is 0 Å². The van der Waals surface area contributed by atoms with Gasteiger partial charge in [-0.25, -0.2) is 4.98 Å². The average molecular weight is 274 g/mol. The second-order valence-electron chi connectivity index (χ2n) is 7.05. The third-order valence-corrected chi connectivity index (χ3v) is 5.02. The van der Waals surface area contributed by atoms with Gasteiger partial charge in [-0.3, -0.25) is 4.90 Å². The summed E-state index contributed by atoms with van der Waals surface area (Å²) in [6.45, 7) is 3.21. The predicted molar refractivity (Wildman–Crippen MR) is 79.3 cm³/mol. The molecule has 3 fully saturated rings. The highest BCUT2D eigenvalue weighted by Crippen LogP contribution is 2.40. The molecule has 0 saturated heterocycles. The topological polar surface area (TPSA) is 47.1 Å². The van der Waals surface area contributed by atoms with E-state index < -0.39 is 0 Å². The van der Waals surface area contributed by atoms with Gasteiger partial charge in [0, 0.05) is 31.9 Å². The summed E-state index contributed by atoms with van der Waals surface area (Å²) in [6.07, 6.45) is 12.4. The van der Waals surface area contributed by atoms with Crippen molar-refractivity contribution in [3.8, 4) is 0 Å². The van der Waals surface area contributed by atoms with Crippen LogP contribution in [0, 0.1) is 11.8 Å². The molecule has 1 atom stereocenters. The summed E-state index contributed by atoms with van der Waals surface area (Å²) in [6, 6.07) is 1.07. The molecule has 4 heteroatoms. The lowest BCUT2D eigenvalue weighted by molar-refractivity contribution is 0.178. The Morgan fingerprint density at radius 3 is 2.30 bits per heavy atom. The van der Waals surface area contributed by atoms with E-state index in [2.05, 4.69) is 20.6 Å². The highest BCUT2D eigenvalue weighted by Gasteiger charge is 2.35. The summed E-state index contributed by atoms with van der Waals surface area (Å²) in [5, 5.41) is 0. The maximum absolute atomic E-state index is 6.16. The number of imidazole rings is 1. The molecule has 0 aromatic carbocycles. The molecule has 2 N–H and O–H groups in total. The lowest BCUT2D eigenvalue weighted by atomic mass is 10.1. The molecule has 20 heavy (non-hydrogen) atoms. The molecule has 0 spiro atoms. The van der Waals surface area contributed by atoms with Gasteiger partial charge in [-0.1, -0.05) is 0 Å². The van der Waals surface area contributed by atoms with Crippen molar-refractivity contribution in [1.29, 1.82) is 0 Å². The van der Waals surface area contributed by atoms with Crippen molar-refractivity contribution in [3.05, 3.63) is 18.2 Å². The van der Waals surface area contributed by atoms with E-state index in [0.717, 1.165) is 18.4 Å². The molecule has 0 amide bonds. The fourth-order valence-electron chi connectivity index (χ4n) is 3.28. The first-order valence-corrected chi connectivity index (χ1v) is 8.31. The van der Waals surface area contributed by atoms with Gasteiger partial charge in [0.05, 0.1) is 18.1 Å². The molecule has 1 aromatic heterocycles. The van der Waals surface area contributed by atoms with Gasteiger partial charge in [0.1, 0.15) is 0 Å². The number of hydrogen-bond donors (Lipinski definition) is 1. The van der Waals surface area contributed by atoms with Crippen LogP contribution in [-0.2, 0) is 0 Å². The van der Waals surface area contributed by atoms with Crippen molar-refractivity contribution in [1.82, 2.24) is 14.5 Å². The van der Waals surface area contributed by atoms with Gasteiger partial charge >= 0.3 is 0 Å². The van der Waals surface area contributed by atoms with Crippen molar-refractivity contribution in [2.24, 2.45) is 17.6 Å². The molecular weight excluding hydrogens is 248 g/mol. The zero-order chi connectivity index (χ0) is 13.5. The van der Waals surface area contributed by atoms with Crippen LogP contribution in [-0.4, -0.2) is 34.1 Å². The Bertz CT molecular complexity index is 443. The molecular formula is C16H26N4. The minimum absolute atomic E-state index is 0.374. The molecule has 4 nitrogen and oxygen atoms in total. The van der Waals surface area contributed by atoms with Crippen molar-refractivity contribution >= 4 is 0 Å². The van der Waals surface area contributed by atoms with E-state index in [1.165, 1.54) is 57.3 Å².